The van der Waals surface area contributed by atoms with Crippen LogP contribution in [0.3, 0.4) is 0 Å². The molecule has 0 saturated carbocycles. The molecule has 0 amide bonds. The average Bonchev–Trinajstić information content (AvgIpc) is 1.98. The van der Waals surface area contributed by atoms with Crippen molar-refractivity contribution in [1.29, 1.82) is 0 Å². The Balaban J connectivity index is 3.47. The molecular formula is C9H21ClOSi. The van der Waals surface area contributed by atoms with Crippen LogP contribution in [-0.2, 0) is 4.74 Å². The first-order chi connectivity index (χ1) is 5.50. The molecule has 0 aliphatic rings. The second-order valence-electron chi connectivity index (χ2n) is 4.24. The van der Waals surface area contributed by atoms with Gasteiger partial charge in [-0.2, -0.15) is 0 Å². The highest BCUT2D eigenvalue weighted by atomic mass is 35.5. The largest absolute Gasteiger partial charge is 0.381 e. The van der Waals surface area contributed by atoms with Gasteiger partial charge in [-0.1, -0.05) is 26.9 Å². The minimum absolute atomic E-state index is 0.423. The van der Waals surface area contributed by atoms with Crippen LogP contribution < -0.4 is 0 Å². The fraction of sp³-hybridized carbons (Fsp3) is 1.00. The van der Waals surface area contributed by atoms with Crippen LogP contribution in [0.4, 0.5) is 0 Å². The quantitative estimate of drug-likeness (QED) is 0.371. The third-order valence-electron chi connectivity index (χ3n) is 2.46. The molecule has 3 heteroatoms. The predicted molar refractivity (Wildman–Crippen MR) is 59.1 cm³/mol. The second-order valence-corrected chi connectivity index (χ2v) is 8.49. The summed E-state index contributed by atoms with van der Waals surface area (Å²) >= 11 is 5.54. The zero-order valence-corrected chi connectivity index (χ0v) is 10.6. The Kier molecular flexibility index (Phi) is 6.24. The molecule has 0 heterocycles. The zero-order valence-electron chi connectivity index (χ0n) is 8.69. The molecule has 0 aliphatic carbocycles. The summed E-state index contributed by atoms with van der Waals surface area (Å²) in [5.74, 6) is 0.708. The summed E-state index contributed by atoms with van der Waals surface area (Å²) in [6.07, 6.45) is 0.970. The number of ether oxygens (including phenoxy) is 1. The molecule has 0 radical (unpaired) electrons. The summed E-state index contributed by atoms with van der Waals surface area (Å²) in [5.41, 5.74) is 0. The van der Waals surface area contributed by atoms with E-state index in [9.17, 15) is 0 Å². The zero-order chi connectivity index (χ0) is 9.61. The van der Waals surface area contributed by atoms with E-state index in [-0.39, 0.29) is 0 Å². The Bertz CT molecular complexity index is 115. The molecular weight excluding hydrogens is 188 g/mol. The van der Waals surface area contributed by atoms with E-state index in [1.807, 2.05) is 0 Å². The number of hydrogen-bond donors (Lipinski definition) is 0. The minimum Gasteiger partial charge on any atom is -0.381 e. The molecule has 0 unspecified atom stereocenters. The third-order valence-corrected chi connectivity index (χ3v) is 6.02. The van der Waals surface area contributed by atoms with E-state index in [2.05, 4.69) is 26.9 Å². The molecule has 0 aromatic rings. The Morgan fingerprint density at radius 2 is 1.92 bits per heavy atom. The van der Waals surface area contributed by atoms with Crippen LogP contribution in [-0.4, -0.2) is 27.9 Å². The predicted octanol–water partition coefficient (Wildman–Crippen LogP) is 2.90. The molecule has 74 valence electrons. The molecule has 1 nitrogen and oxygen atoms in total. The third kappa shape index (κ3) is 5.17. The molecule has 0 fully saturated rings. The molecule has 0 aliphatic heterocycles. The van der Waals surface area contributed by atoms with Crippen LogP contribution in [0, 0.1) is 0 Å². The van der Waals surface area contributed by atoms with Crippen molar-refractivity contribution in [2.24, 2.45) is 0 Å². The summed E-state index contributed by atoms with van der Waals surface area (Å²) in [6, 6.07) is 0. The summed E-state index contributed by atoms with van der Waals surface area (Å²) in [5, 5.41) is 0.423. The van der Waals surface area contributed by atoms with Crippen LogP contribution in [0.1, 0.15) is 20.3 Å². The molecule has 0 N–H and O–H groups in total. The smallest absolute Gasteiger partial charge is 0.0490 e. The maximum Gasteiger partial charge on any atom is 0.0490 e. The average molecular weight is 209 g/mol. The standard InChI is InChI=1S/C9H21ClOSi/c1-9(2,12(3)4)8-11-7-5-6-10/h12H,5-8H2,1-4H3. The van der Waals surface area contributed by atoms with Crippen molar-refractivity contribution < 1.29 is 4.74 Å². The Morgan fingerprint density at radius 3 is 2.33 bits per heavy atom. The summed E-state index contributed by atoms with van der Waals surface area (Å²) < 4.78 is 5.55. The van der Waals surface area contributed by atoms with Gasteiger partial charge in [0.15, 0.2) is 0 Å². The van der Waals surface area contributed by atoms with E-state index in [0.29, 0.717) is 10.9 Å². The van der Waals surface area contributed by atoms with E-state index in [0.717, 1.165) is 19.6 Å². The van der Waals surface area contributed by atoms with Gasteiger partial charge in [0.1, 0.15) is 0 Å². The number of halogens is 1. The van der Waals surface area contributed by atoms with Gasteiger partial charge in [-0.15, -0.1) is 11.6 Å². The van der Waals surface area contributed by atoms with Gasteiger partial charge in [-0.25, -0.2) is 0 Å². The van der Waals surface area contributed by atoms with Gasteiger partial charge in [0.05, 0.1) is 0 Å². The Hall–Kier alpha value is 0.467. The Morgan fingerprint density at radius 1 is 1.33 bits per heavy atom. The van der Waals surface area contributed by atoms with Gasteiger partial charge >= 0.3 is 0 Å². The maximum absolute atomic E-state index is 5.55. The molecule has 0 aromatic carbocycles. The highest BCUT2D eigenvalue weighted by Gasteiger charge is 2.23. The number of hydrogen-bond acceptors (Lipinski definition) is 1. The lowest BCUT2D eigenvalue weighted by Crippen LogP contribution is -2.26. The molecule has 0 bridgehead atoms. The van der Waals surface area contributed by atoms with Crippen molar-refractivity contribution in [3.8, 4) is 0 Å². The van der Waals surface area contributed by atoms with Crippen molar-refractivity contribution in [3.63, 3.8) is 0 Å². The Labute approximate surface area is 83.1 Å². The number of alkyl halides is 1. The maximum atomic E-state index is 5.55. The van der Waals surface area contributed by atoms with Crippen molar-refractivity contribution in [2.45, 2.75) is 38.4 Å². The van der Waals surface area contributed by atoms with Crippen molar-refractivity contribution >= 4 is 20.4 Å². The van der Waals surface area contributed by atoms with Crippen LogP contribution >= 0.6 is 11.6 Å². The topological polar surface area (TPSA) is 9.23 Å². The molecule has 0 atom stereocenters. The van der Waals surface area contributed by atoms with Crippen LogP contribution in [0.5, 0.6) is 0 Å². The SMILES string of the molecule is C[SiH](C)C(C)(C)COCCCCl. The first kappa shape index (κ1) is 12.5. The van der Waals surface area contributed by atoms with Gasteiger partial charge in [0, 0.05) is 27.9 Å². The molecule has 0 aromatic heterocycles. The van der Waals surface area contributed by atoms with Crippen LogP contribution in [0.25, 0.3) is 0 Å². The fourth-order valence-electron chi connectivity index (χ4n) is 0.659. The normalized spacial score (nSPS) is 12.5. The van der Waals surface area contributed by atoms with Gasteiger partial charge < -0.3 is 4.74 Å². The second kappa shape index (κ2) is 6.00. The van der Waals surface area contributed by atoms with Crippen LogP contribution in [0.15, 0.2) is 0 Å². The van der Waals surface area contributed by atoms with Gasteiger partial charge in [0.25, 0.3) is 0 Å². The highest BCUT2D eigenvalue weighted by Crippen LogP contribution is 2.28. The molecule has 0 saturated heterocycles. The van der Waals surface area contributed by atoms with E-state index >= 15 is 0 Å². The van der Waals surface area contributed by atoms with Crippen molar-refractivity contribution in [2.75, 3.05) is 19.1 Å². The van der Waals surface area contributed by atoms with E-state index in [4.69, 9.17) is 16.3 Å². The highest BCUT2D eigenvalue weighted by molar-refractivity contribution is 6.59. The fourth-order valence-corrected chi connectivity index (χ4v) is 1.22. The van der Waals surface area contributed by atoms with Gasteiger partial charge in [-0.05, 0) is 11.5 Å². The first-order valence-corrected chi connectivity index (χ1v) is 8.06. The lowest BCUT2D eigenvalue weighted by atomic mass is 10.2. The van der Waals surface area contributed by atoms with Crippen molar-refractivity contribution in [3.05, 3.63) is 0 Å². The van der Waals surface area contributed by atoms with Crippen LogP contribution in [0.2, 0.25) is 18.1 Å². The van der Waals surface area contributed by atoms with E-state index in [1.54, 1.807) is 0 Å². The van der Waals surface area contributed by atoms with E-state index in [1.165, 1.54) is 0 Å². The summed E-state index contributed by atoms with van der Waals surface area (Å²) in [4.78, 5) is 0. The summed E-state index contributed by atoms with van der Waals surface area (Å²) in [6.45, 7) is 11.0. The van der Waals surface area contributed by atoms with Gasteiger partial charge in [-0.3, -0.25) is 0 Å². The summed E-state index contributed by atoms with van der Waals surface area (Å²) in [7, 11) is -0.589. The lowest BCUT2D eigenvalue weighted by Gasteiger charge is -2.27. The number of rotatable bonds is 6. The molecule has 0 spiro atoms. The first-order valence-electron chi connectivity index (χ1n) is 4.64. The van der Waals surface area contributed by atoms with Crippen molar-refractivity contribution in [1.82, 2.24) is 0 Å². The minimum atomic E-state index is -0.589. The van der Waals surface area contributed by atoms with Gasteiger partial charge in [0.2, 0.25) is 0 Å². The molecule has 12 heavy (non-hydrogen) atoms. The monoisotopic (exact) mass is 208 g/mol. The molecule has 0 rings (SSSR count). The lowest BCUT2D eigenvalue weighted by molar-refractivity contribution is 0.114. The van der Waals surface area contributed by atoms with E-state index < -0.39 is 8.80 Å².